The van der Waals surface area contributed by atoms with Crippen molar-refractivity contribution in [3.63, 3.8) is 0 Å². The van der Waals surface area contributed by atoms with Gasteiger partial charge in [0.25, 0.3) is 10.0 Å². The van der Waals surface area contributed by atoms with Crippen LogP contribution in [0, 0.1) is 0 Å². The van der Waals surface area contributed by atoms with Crippen LogP contribution in [0.2, 0.25) is 0 Å². The number of nitrogens with zero attached hydrogens (tertiary/aromatic N) is 3. The number of sulfonamides is 1. The van der Waals surface area contributed by atoms with Gasteiger partial charge in [-0.2, -0.15) is 0 Å². The van der Waals surface area contributed by atoms with Crippen LogP contribution in [0.4, 0.5) is 5.69 Å². The van der Waals surface area contributed by atoms with Crippen molar-refractivity contribution in [2.45, 2.75) is 24.7 Å². The summed E-state index contributed by atoms with van der Waals surface area (Å²) in [5.41, 5.74) is 8.91. The van der Waals surface area contributed by atoms with E-state index in [0.717, 1.165) is 0 Å². The number of nitrogens with one attached hydrogen (secondary N) is 1. The lowest BCUT2D eigenvalue weighted by molar-refractivity contribution is -0.116. The van der Waals surface area contributed by atoms with Gasteiger partial charge in [-0.1, -0.05) is 31.2 Å². The first kappa shape index (κ1) is 15.8. The molecular weight excluding hydrogens is 304 g/mol. The average Bonchev–Trinajstić information content (AvgIpc) is 2.47. The number of azide groups is 1. The Kier molecular flexibility index (Phi) is 4.65. The second-order valence-corrected chi connectivity index (χ2v) is 6.15. The lowest BCUT2D eigenvalue weighted by Crippen LogP contribution is -2.11. The molecule has 0 aliphatic carbocycles. The minimum Gasteiger partial charge on any atom is -0.326 e. The van der Waals surface area contributed by atoms with E-state index in [4.69, 9.17) is 5.53 Å². The summed E-state index contributed by atoms with van der Waals surface area (Å²) < 4.78 is 26.8. The molecule has 0 bridgehead atoms. The van der Waals surface area contributed by atoms with E-state index in [1.807, 2.05) is 6.92 Å². The molecule has 0 unspecified atom stereocenters. The number of carbonyl (C=O) groups excluding carboxylic acids is 1. The summed E-state index contributed by atoms with van der Waals surface area (Å²) in [6.45, 7) is 1.90. The van der Waals surface area contributed by atoms with Gasteiger partial charge in [-0.3, -0.25) is 4.79 Å². The van der Waals surface area contributed by atoms with Gasteiger partial charge >= 0.3 is 0 Å². The molecule has 0 atom stereocenters. The number of anilines is 1. The van der Waals surface area contributed by atoms with Crippen LogP contribution in [0.25, 0.3) is 21.2 Å². The zero-order chi connectivity index (χ0) is 16.2. The lowest BCUT2D eigenvalue weighted by Gasteiger charge is -2.10. The smallest absolute Gasteiger partial charge is 0.264 e. The Morgan fingerprint density at radius 3 is 2.59 bits per heavy atom. The standard InChI is InChI=1S/C14H14N4O3S/c1-2-5-14(19)16-12-8-3-7-11-10(12)6-4-9-13(11)22(20,21)18-17-15/h3-4,6-9H,2,5H2,1H3,(H,16,19). The largest absolute Gasteiger partial charge is 0.326 e. The Balaban J connectivity index is 2.61. The van der Waals surface area contributed by atoms with Gasteiger partial charge in [-0.05, 0) is 24.1 Å². The molecule has 1 N–H and O–H groups in total. The molecule has 0 heterocycles. The van der Waals surface area contributed by atoms with E-state index < -0.39 is 10.0 Å². The Morgan fingerprint density at radius 1 is 1.23 bits per heavy atom. The highest BCUT2D eigenvalue weighted by Gasteiger charge is 2.17. The van der Waals surface area contributed by atoms with Crippen molar-refractivity contribution in [3.05, 3.63) is 46.8 Å². The minimum atomic E-state index is -4.10. The Bertz CT molecular complexity index is 871. The number of hydrogen-bond acceptors (Lipinski definition) is 3. The van der Waals surface area contributed by atoms with Gasteiger partial charge in [0.05, 0.1) is 4.90 Å². The van der Waals surface area contributed by atoms with Crippen LogP contribution in [-0.2, 0) is 14.8 Å². The van der Waals surface area contributed by atoms with Crippen LogP contribution in [0.5, 0.6) is 0 Å². The first-order valence-corrected chi connectivity index (χ1v) is 8.06. The molecule has 8 heteroatoms. The molecule has 2 rings (SSSR count). The molecule has 0 saturated heterocycles. The minimum absolute atomic E-state index is 0.0885. The highest BCUT2D eigenvalue weighted by Crippen LogP contribution is 2.29. The van der Waals surface area contributed by atoms with Crippen LogP contribution in [-0.4, -0.2) is 14.3 Å². The maximum Gasteiger partial charge on any atom is 0.264 e. The van der Waals surface area contributed by atoms with Crippen molar-refractivity contribution >= 4 is 32.4 Å². The SMILES string of the molecule is CCCC(=O)Nc1cccc2c(S(=O)(=O)N=[N+]=[N-])cccc12. The summed E-state index contributed by atoms with van der Waals surface area (Å²) in [6.07, 6.45) is 1.10. The lowest BCUT2D eigenvalue weighted by atomic mass is 10.1. The van der Waals surface area contributed by atoms with E-state index in [2.05, 4.69) is 14.7 Å². The number of amides is 1. The average molecular weight is 318 g/mol. The third-order valence-electron chi connectivity index (χ3n) is 3.06. The first-order valence-electron chi connectivity index (χ1n) is 6.62. The fourth-order valence-electron chi connectivity index (χ4n) is 2.15. The van der Waals surface area contributed by atoms with E-state index in [-0.39, 0.29) is 10.8 Å². The summed E-state index contributed by atoms with van der Waals surface area (Å²) in [7, 11) is -4.10. The van der Waals surface area contributed by atoms with Crippen LogP contribution in [0.1, 0.15) is 19.8 Å². The molecule has 2 aromatic carbocycles. The monoisotopic (exact) mass is 318 g/mol. The Labute approximate surface area is 127 Å². The van der Waals surface area contributed by atoms with Crippen molar-refractivity contribution < 1.29 is 13.2 Å². The molecule has 0 aliphatic rings. The Hall–Kier alpha value is -2.57. The van der Waals surface area contributed by atoms with Crippen LogP contribution >= 0.6 is 0 Å². The van der Waals surface area contributed by atoms with Crippen LogP contribution in [0.3, 0.4) is 0 Å². The summed E-state index contributed by atoms with van der Waals surface area (Å²) in [6, 6.07) is 9.54. The van der Waals surface area contributed by atoms with E-state index in [9.17, 15) is 13.2 Å². The third-order valence-corrected chi connectivity index (χ3v) is 4.25. The summed E-state index contributed by atoms with van der Waals surface area (Å²) in [5.74, 6) is -0.140. The fourth-order valence-corrected chi connectivity index (χ4v) is 3.04. The molecule has 114 valence electrons. The van der Waals surface area contributed by atoms with Crippen molar-refractivity contribution in [2.24, 2.45) is 4.52 Å². The van der Waals surface area contributed by atoms with Gasteiger partial charge in [0.1, 0.15) is 0 Å². The van der Waals surface area contributed by atoms with Crippen molar-refractivity contribution in [1.29, 1.82) is 0 Å². The van der Waals surface area contributed by atoms with Gasteiger partial charge in [0, 0.05) is 32.3 Å². The predicted octanol–water partition coefficient (Wildman–Crippen LogP) is 3.58. The molecule has 0 saturated carbocycles. The summed E-state index contributed by atoms with van der Waals surface area (Å²) in [5, 5.41) is 3.72. The van der Waals surface area contributed by atoms with Gasteiger partial charge in [0.2, 0.25) is 5.91 Å². The van der Waals surface area contributed by atoms with Crippen LogP contribution in [0.15, 0.2) is 45.8 Å². The van der Waals surface area contributed by atoms with Gasteiger partial charge < -0.3 is 5.32 Å². The van der Waals surface area contributed by atoms with E-state index >= 15 is 0 Å². The molecular formula is C14H14N4O3S. The predicted molar refractivity (Wildman–Crippen MR) is 83.8 cm³/mol. The van der Waals surface area contributed by atoms with Crippen LogP contribution < -0.4 is 5.32 Å². The highest BCUT2D eigenvalue weighted by atomic mass is 32.2. The number of fused-ring (bicyclic) bond motifs is 1. The molecule has 22 heavy (non-hydrogen) atoms. The Morgan fingerprint density at radius 2 is 1.91 bits per heavy atom. The quantitative estimate of drug-likeness (QED) is 0.516. The molecule has 0 aliphatic heterocycles. The number of hydrogen-bond donors (Lipinski definition) is 1. The topological polar surface area (TPSA) is 112 Å². The highest BCUT2D eigenvalue weighted by molar-refractivity contribution is 7.90. The van der Waals surface area contributed by atoms with Gasteiger partial charge in [-0.25, -0.2) is 8.42 Å². The number of rotatable bonds is 5. The number of carbonyl (C=O) groups is 1. The zero-order valence-electron chi connectivity index (χ0n) is 11.9. The molecule has 0 radical (unpaired) electrons. The van der Waals surface area contributed by atoms with Gasteiger partial charge in [-0.15, -0.1) is 0 Å². The van der Waals surface area contributed by atoms with E-state index in [1.54, 1.807) is 24.3 Å². The van der Waals surface area contributed by atoms with E-state index in [1.165, 1.54) is 12.1 Å². The maximum absolute atomic E-state index is 12.0. The summed E-state index contributed by atoms with van der Waals surface area (Å²) >= 11 is 0. The molecule has 0 spiro atoms. The molecule has 7 nitrogen and oxygen atoms in total. The first-order chi connectivity index (χ1) is 10.5. The molecule has 2 aromatic rings. The number of benzene rings is 2. The molecule has 0 fully saturated rings. The maximum atomic E-state index is 12.0. The molecule has 0 aromatic heterocycles. The molecule has 1 amide bonds. The summed E-state index contributed by atoms with van der Waals surface area (Å²) in [4.78, 5) is 14.0. The van der Waals surface area contributed by atoms with Crippen molar-refractivity contribution in [1.82, 2.24) is 0 Å². The van der Waals surface area contributed by atoms with Crippen molar-refractivity contribution in [3.8, 4) is 0 Å². The van der Waals surface area contributed by atoms with E-state index in [0.29, 0.717) is 29.3 Å². The van der Waals surface area contributed by atoms with Crippen molar-refractivity contribution in [2.75, 3.05) is 5.32 Å². The second-order valence-electron chi connectivity index (χ2n) is 4.60. The fraction of sp³-hybridized carbons (Fsp3) is 0.214. The second kappa shape index (κ2) is 6.46. The zero-order valence-corrected chi connectivity index (χ0v) is 12.7. The third kappa shape index (κ3) is 3.19. The van der Waals surface area contributed by atoms with Gasteiger partial charge in [0.15, 0.2) is 0 Å². The normalized spacial score (nSPS) is 11.0.